The molecule has 0 unspecified atom stereocenters. The van der Waals surface area contributed by atoms with Gasteiger partial charge in [0.15, 0.2) is 5.13 Å². The number of rotatable bonds is 12. The van der Waals surface area contributed by atoms with Gasteiger partial charge in [-0.2, -0.15) is 5.01 Å². The number of aromatic nitrogens is 1. The van der Waals surface area contributed by atoms with Crippen LogP contribution in [0.4, 0.5) is 15.6 Å². The number of amides is 5. The second kappa shape index (κ2) is 15.6. The molecule has 5 amide bonds. The summed E-state index contributed by atoms with van der Waals surface area (Å²) in [5.74, 6) is -0.603. The van der Waals surface area contributed by atoms with Crippen LogP contribution in [0.15, 0.2) is 84.9 Å². The summed E-state index contributed by atoms with van der Waals surface area (Å²) in [6.07, 6.45) is 2.20. The number of nitrogens with one attached hydrogen (secondary N) is 2. The van der Waals surface area contributed by atoms with Crippen molar-refractivity contribution < 1.29 is 19.2 Å². The smallest absolute Gasteiger partial charge is 0.332 e. The van der Waals surface area contributed by atoms with Crippen LogP contribution in [0, 0.1) is 0 Å². The van der Waals surface area contributed by atoms with Crippen molar-refractivity contribution in [1.82, 2.24) is 30.1 Å². The molecule has 4 aromatic carbocycles. The van der Waals surface area contributed by atoms with E-state index in [9.17, 15) is 19.2 Å². The van der Waals surface area contributed by atoms with E-state index in [1.54, 1.807) is 20.9 Å². The van der Waals surface area contributed by atoms with Gasteiger partial charge in [-0.15, -0.1) is 0 Å². The molecule has 2 atom stereocenters. The topological polar surface area (TPSA) is 144 Å². The van der Waals surface area contributed by atoms with Crippen LogP contribution in [0.3, 0.4) is 0 Å². The molecule has 4 N–H and O–H groups in total. The summed E-state index contributed by atoms with van der Waals surface area (Å²) in [7, 11) is 0. The maximum absolute atomic E-state index is 14.5. The number of piperazine rings is 1. The number of hydrogen-bond acceptors (Lipinski definition) is 8. The average molecular weight is 733 g/mol. The van der Waals surface area contributed by atoms with Crippen LogP contribution in [0.5, 0.6) is 0 Å². The minimum Gasteiger partial charge on any atom is -0.375 e. The summed E-state index contributed by atoms with van der Waals surface area (Å²) < 4.78 is 0.936. The van der Waals surface area contributed by atoms with Crippen molar-refractivity contribution >= 4 is 66.9 Å². The third-order valence-electron chi connectivity index (χ3n) is 9.91. The maximum Gasteiger partial charge on any atom is 0.332 e. The third kappa shape index (κ3) is 7.40. The summed E-state index contributed by atoms with van der Waals surface area (Å²) in [6.45, 7) is 5.51. The molecule has 3 heterocycles. The zero-order valence-corrected chi connectivity index (χ0v) is 30.8. The van der Waals surface area contributed by atoms with Crippen LogP contribution < -0.4 is 16.4 Å². The summed E-state index contributed by atoms with van der Waals surface area (Å²) in [4.78, 5) is 63.2. The van der Waals surface area contributed by atoms with Crippen LogP contribution >= 0.6 is 11.3 Å². The number of benzene rings is 4. The van der Waals surface area contributed by atoms with Crippen molar-refractivity contribution in [2.45, 2.75) is 58.3 Å². The van der Waals surface area contributed by atoms with Gasteiger partial charge < -0.3 is 26.2 Å². The molecule has 13 heteroatoms. The molecular weight excluding hydrogens is 689 g/mol. The lowest BCUT2D eigenvalue weighted by Crippen LogP contribution is -2.66. The van der Waals surface area contributed by atoms with E-state index in [1.165, 1.54) is 11.3 Å². The molecule has 0 spiro atoms. The van der Waals surface area contributed by atoms with Crippen molar-refractivity contribution in [2.75, 3.05) is 37.2 Å². The van der Waals surface area contributed by atoms with Crippen LogP contribution in [-0.2, 0) is 22.6 Å². The Bertz CT molecular complexity index is 2150. The molecule has 1 aromatic heterocycles. The van der Waals surface area contributed by atoms with Crippen molar-refractivity contribution in [1.29, 1.82) is 0 Å². The van der Waals surface area contributed by atoms with E-state index in [-0.39, 0.29) is 49.8 Å². The van der Waals surface area contributed by atoms with Crippen LogP contribution in [-0.4, -0.2) is 86.9 Å². The first kappa shape index (κ1) is 35.9. The Morgan fingerprint density at radius 3 is 2.53 bits per heavy atom. The minimum absolute atomic E-state index is 0.0131. The lowest BCUT2D eigenvalue weighted by atomic mass is 9.99. The highest BCUT2D eigenvalue weighted by atomic mass is 32.1. The molecule has 7 rings (SSSR count). The summed E-state index contributed by atoms with van der Waals surface area (Å²) in [5, 5.41) is 11.8. The van der Waals surface area contributed by atoms with Gasteiger partial charge in [-0.05, 0) is 59.0 Å². The largest absolute Gasteiger partial charge is 0.375 e. The van der Waals surface area contributed by atoms with Gasteiger partial charge in [0.25, 0.3) is 5.91 Å². The number of carbonyl (C=O) groups excluding carboxylic acids is 4. The lowest BCUT2D eigenvalue weighted by molar-refractivity contribution is -0.157. The van der Waals surface area contributed by atoms with Crippen LogP contribution in [0.25, 0.3) is 21.0 Å². The number of nitrogens with two attached hydrogens (primary N) is 1. The van der Waals surface area contributed by atoms with Crippen LogP contribution in [0.1, 0.15) is 54.6 Å². The molecule has 0 aliphatic carbocycles. The molecule has 2 aliphatic heterocycles. The maximum atomic E-state index is 14.5. The number of fused-ring (bicyclic) bond motifs is 3. The van der Waals surface area contributed by atoms with Gasteiger partial charge in [0, 0.05) is 37.3 Å². The Morgan fingerprint density at radius 1 is 0.962 bits per heavy atom. The van der Waals surface area contributed by atoms with Crippen molar-refractivity contribution in [2.24, 2.45) is 0 Å². The second-order valence-corrected chi connectivity index (χ2v) is 14.6. The van der Waals surface area contributed by atoms with Gasteiger partial charge in [-0.1, -0.05) is 92.3 Å². The van der Waals surface area contributed by atoms with Gasteiger partial charge in [0.2, 0.25) is 11.8 Å². The average Bonchev–Trinajstić information content (AvgIpc) is 3.71. The normalized spacial score (nSPS) is 17.4. The monoisotopic (exact) mass is 732 g/mol. The number of para-hydroxylation sites is 1. The van der Waals surface area contributed by atoms with Crippen molar-refractivity contribution in [3.05, 3.63) is 102 Å². The Hall–Kier alpha value is -5.53. The Morgan fingerprint density at radius 2 is 1.74 bits per heavy atom. The number of anilines is 2. The minimum atomic E-state index is -0.811. The fourth-order valence-electron chi connectivity index (χ4n) is 7.34. The molecule has 0 radical (unpaired) electrons. The summed E-state index contributed by atoms with van der Waals surface area (Å²) >= 11 is 1.40. The van der Waals surface area contributed by atoms with Gasteiger partial charge in [0.1, 0.15) is 12.2 Å². The summed E-state index contributed by atoms with van der Waals surface area (Å²) in [5.41, 5.74) is 9.70. The van der Waals surface area contributed by atoms with Gasteiger partial charge >= 0.3 is 6.03 Å². The van der Waals surface area contributed by atoms with Crippen molar-refractivity contribution in [3.8, 4) is 0 Å². The van der Waals surface area contributed by atoms with E-state index >= 15 is 0 Å². The fraction of sp³-hybridized carbons (Fsp3) is 0.325. The van der Waals surface area contributed by atoms with Crippen molar-refractivity contribution in [3.63, 3.8) is 0 Å². The molecule has 2 saturated heterocycles. The molecule has 0 bridgehead atoms. The predicted molar refractivity (Wildman–Crippen MR) is 208 cm³/mol. The molecular formula is C40H44N8O4S. The SMILES string of the molecule is CCCCNC(=O)N(CCC)N1CC(=O)N2[C@@H](Cc3ccc(NC(=O)c4cccc5ccccc45)cc3)C(=O)N(Cc3cccc4sc(N)nc34)C[C@@H]21. The first-order chi connectivity index (χ1) is 25.7. The van der Waals surface area contributed by atoms with E-state index in [1.807, 2.05) is 90.8 Å². The Balaban J connectivity index is 1.16. The molecule has 0 saturated carbocycles. The second-order valence-electron chi connectivity index (χ2n) is 13.5. The van der Waals surface area contributed by atoms with Gasteiger partial charge in [0.05, 0.1) is 23.3 Å². The number of unbranched alkanes of at least 4 members (excludes halogenated alkanes) is 1. The Labute approximate surface area is 312 Å². The molecule has 53 heavy (non-hydrogen) atoms. The standard InChI is InChI=1S/C40H44N8O4S/c1-3-5-20-42-40(52)46(21-4-2)47-25-35(49)48-32(38(51)45(24-34(47)48)23-28-12-9-15-33-36(28)44-39(41)53-33)22-26-16-18-29(19-17-26)43-37(50)31-14-8-11-27-10-6-7-13-30(27)31/h6-19,32,34H,3-5,20-25H2,1-2H3,(H2,41,44)(H,42,52)(H,43,50)/t32-,34+/m0/s1. The van der Waals surface area contributed by atoms with E-state index < -0.39 is 12.2 Å². The number of hydrogen-bond donors (Lipinski definition) is 3. The fourth-order valence-corrected chi connectivity index (χ4v) is 8.12. The highest BCUT2D eigenvalue weighted by molar-refractivity contribution is 7.22. The van der Waals surface area contributed by atoms with Gasteiger partial charge in [-0.3, -0.25) is 19.4 Å². The zero-order valence-electron chi connectivity index (χ0n) is 30.0. The molecule has 5 aromatic rings. The zero-order chi connectivity index (χ0) is 37.1. The number of hydrazine groups is 1. The number of carbonyl (C=O) groups is 4. The first-order valence-electron chi connectivity index (χ1n) is 18.2. The highest BCUT2D eigenvalue weighted by Gasteiger charge is 2.52. The molecule has 2 aliphatic rings. The van der Waals surface area contributed by atoms with Crippen LogP contribution in [0.2, 0.25) is 0 Å². The summed E-state index contributed by atoms with van der Waals surface area (Å²) in [6, 6.07) is 25.6. The lowest BCUT2D eigenvalue weighted by Gasteiger charge is -2.46. The number of urea groups is 1. The highest BCUT2D eigenvalue weighted by Crippen LogP contribution is 2.33. The Kier molecular flexibility index (Phi) is 10.6. The molecule has 12 nitrogen and oxygen atoms in total. The van der Waals surface area contributed by atoms with E-state index in [0.29, 0.717) is 35.9 Å². The predicted octanol–water partition coefficient (Wildman–Crippen LogP) is 5.84. The number of thiazole rings is 1. The van der Waals surface area contributed by atoms with Gasteiger partial charge in [-0.25, -0.2) is 9.78 Å². The molecule has 274 valence electrons. The van der Waals surface area contributed by atoms with E-state index in [0.717, 1.165) is 45.0 Å². The third-order valence-corrected chi connectivity index (χ3v) is 10.8. The first-order valence-corrected chi connectivity index (χ1v) is 19.0. The number of nitrogens with zero attached hydrogens (tertiary/aromatic N) is 5. The van der Waals surface area contributed by atoms with E-state index in [4.69, 9.17) is 5.73 Å². The quantitative estimate of drug-likeness (QED) is 0.137. The molecule has 2 fully saturated rings. The van der Waals surface area contributed by atoms with E-state index in [2.05, 4.69) is 22.5 Å². The number of nitrogen functional groups attached to an aromatic ring is 1.